The first-order valence-electron chi connectivity index (χ1n) is 4.55. The molecule has 0 aromatic rings. The Morgan fingerprint density at radius 3 is 1.69 bits per heavy atom. The molecule has 0 aromatic heterocycles. The molecule has 0 saturated heterocycles. The topological polar surface area (TPSA) is 83.6 Å². The summed E-state index contributed by atoms with van der Waals surface area (Å²) in [5, 5.41) is 16.7. The van der Waals surface area contributed by atoms with Crippen LogP contribution in [0, 0.1) is 11.3 Å². The smallest absolute Gasteiger partial charge is 0.402 e. The quantitative estimate of drug-likeness (QED) is 0.591. The molecular weight excluding hydrogens is 170 g/mol. The van der Waals surface area contributed by atoms with Crippen LogP contribution < -0.4 is 5.73 Å². The number of aliphatic hydroxyl groups excluding tert-OH is 1. The van der Waals surface area contributed by atoms with Gasteiger partial charge in [0.2, 0.25) is 0 Å². The summed E-state index contributed by atoms with van der Waals surface area (Å²) in [6, 6.07) is 0. The average molecular weight is 192 g/mol. The molecule has 13 heavy (non-hydrogen) atoms. The molecule has 4 heteroatoms. The third-order valence-electron chi connectivity index (χ3n) is 1.37. The summed E-state index contributed by atoms with van der Waals surface area (Å²) in [5.41, 5.74) is 3.84. The van der Waals surface area contributed by atoms with Gasteiger partial charge < -0.3 is 15.9 Å². The van der Waals surface area contributed by atoms with Crippen LogP contribution >= 0.6 is 0 Å². The molecule has 1 atom stereocenters. The van der Waals surface area contributed by atoms with E-state index in [0.717, 1.165) is 0 Å². The Balaban J connectivity index is 0. The molecule has 0 aliphatic heterocycles. The van der Waals surface area contributed by atoms with Crippen LogP contribution in [0.5, 0.6) is 0 Å². The van der Waals surface area contributed by atoms with Crippen molar-refractivity contribution >= 4 is 6.09 Å². The fourth-order valence-electron chi connectivity index (χ4n) is 0.866. The van der Waals surface area contributed by atoms with E-state index in [9.17, 15) is 5.11 Å². The van der Waals surface area contributed by atoms with Crippen LogP contribution in [0.25, 0.3) is 0 Å². The summed E-state index contributed by atoms with van der Waals surface area (Å²) < 4.78 is 7.54. The molecule has 0 spiro atoms. The van der Waals surface area contributed by atoms with Crippen molar-refractivity contribution < 1.29 is 16.4 Å². The minimum absolute atomic E-state index is 0.189. The lowest BCUT2D eigenvalue weighted by Gasteiger charge is -2.28. The molecule has 1 unspecified atom stereocenters. The van der Waals surface area contributed by atoms with E-state index in [1.54, 1.807) is 13.8 Å². The van der Waals surface area contributed by atoms with E-state index in [1.165, 1.54) is 0 Å². The Kier molecular flexibility index (Phi) is 5.46. The molecule has 0 bridgehead atoms. The van der Waals surface area contributed by atoms with Gasteiger partial charge in [-0.2, -0.15) is 0 Å². The van der Waals surface area contributed by atoms with Crippen LogP contribution in [-0.2, 0) is 0 Å². The van der Waals surface area contributed by atoms with Gasteiger partial charge in [0.25, 0.3) is 0 Å². The number of rotatable bonds is 1. The molecule has 0 aromatic carbocycles. The Morgan fingerprint density at radius 1 is 1.46 bits per heavy atom. The largest absolute Gasteiger partial charge is 0.465 e. The zero-order chi connectivity index (χ0) is 12.2. The minimum atomic E-state index is -1.33. The van der Waals surface area contributed by atoms with E-state index >= 15 is 0 Å². The van der Waals surface area contributed by atoms with Crippen LogP contribution in [0.1, 0.15) is 36.0 Å². The second-order valence-electron chi connectivity index (χ2n) is 4.18. The van der Waals surface area contributed by atoms with Gasteiger partial charge in [-0.05, 0) is 11.3 Å². The number of carbonyl (C=O) groups is 1. The predicted molar refractivity (Wildman–Crippen MR) is 52.5 cm³/mol. The number of amides is 1. The van der Waals surface area contributed by atoms with Crippen molar-refractivity contribution in [2.45, 2.75) is 40.7 Å². The maximum atomic E-state index is 9.53. The molecule has 0 fully saturated rings. The monoisotopic (exact) mass is 192 g/mol. The van der Waals surface area contributed by atoms with Crippen molar-refractivity contribution in [3.8, 4) is 0 Å². The van der Waals surface area contributed by atoms with Crippen molar-refractivity contribution in [3.05, 3.63) is 0 Å². The van der Waals surface area contributed by atoms with Crippen LogP contribution in [0.2, 0.25) is 0 Å². The van der Waals surface area contributed by atoms with E-state index in [-0.39, 0.29) is 5.41 Å². The Labute approximate surface area is 81.2 Å². The fourth-order valence-corrected chi connectivity index (χ4v) is 0.866. The van der Waals surface area contributed by atoms with Gasteiger partial charge in [0.15, 0.2) is 0 Å². The Hall–Kier alpha value is -0.770. The maximum absolute atomic E-state index is 9.53. The summed E-state index contributed by atoms with van der Waals surface area (Å²) in [7, 11) is 0. The van der Waals surface area contributed by atoms with Gasteiger partial charge in [-0.1, -0.05) is 34.6 Å². The molecule has 0 aliphatic rings. The molecule has 4 nitrogen and oxygen atoms in total. The third kappa shape index (κ3) is 11.2. The van der Waals surface area contributed by atoms with Crippen molar-refractivity contribution in [3.63, 3.8) is 0 Å². The summed E-state index contributed by atoms with van der Waals surface area (Å²) in [6.45, 7) is 9.27. The van der Waals surface area contributed by atoms with Gasteiger partial charge in [0, 0.05) is 1.37 Å². The zero-order valence-corrected chi connectivity index (χ0v) is 8.96. The number of carboxylic acid groups (broad SMARTS) is 1. The minimum Gasteiger partial charge on any atom is -0.465 e. The van der Waals surface area contributed by atoms with Crippen LogP contribution in [0.15, 0.2) is 0 Å². The normalized spacial score (nSPS) is 15.1. The molecule has 0 aliphatic carbocycles. The van der Waals surface area contributed by atoms with Gasteiger partial charge in [-0.3, -0.25) is 0 Å². The van der Waals surface area contributed by atoms with E-state index in [2.05, 4.69) is 5.73 Å². The zero-order valence-electron chi connectivity index (χ0n) is 9.96. The predicted octanol–water partition coefficient (Wildman–Crippen LogP) is 1.67. The van der Waals surface area contributed by atoms with Gasteiger partial charge in [0.05, 0.1) is 6.10 Å². The fraction of sp³-hybridized carbons (Fsp3) is 0.889. The lowest BCUT2D eigenvalue weighted by Crippen LogP contribution is -2.30. The summed E-state index contributed by atoms with van der Waals surface area (Å²) >= 11 is 0. The highest BCUT2D eigenvalue weighted by Crippen LogP contribution is 2.24. The third-order valence-corrected chi connectivity index (χ3v) is 1.37. The van der Waals surface area contributed by atoms with Gasteiger partial charge in [-0.15, -0.1) is 0 Å². The molecule has 1 amide bonds. The number of nitrogens with two attached hydrogens (primary N) is 1. The standard InChI is InChI=1S/C8H18O.CH3NO2/c1-6(2)7(9)8(3,4)5;2-1(3)4/h6-7,9H,1-5H3;2H2,(H,3,4)/i6D;. The number of primary amides is 1. The average Bonchev–Trinajstić information content (AvgIpc) is 1.80. The summed E-state index contributed by atoms with van der Waals surface area (Å²) in [6.07, 6.45) is -1.90. The number of hydrogen-bond acceptors (Lipinski definition) is 2. The first-order chi connectivity index (χ1) is 5.89. The SMILES string of the molecule is NC(=O)O.[2H]C(C)(C)C(O)C(C)(C)C. The lowest BCUT2D eigenvalue weighted by atomic mass is 9.83. The van der Waals surface area contributed by atoms with E-state index in [4.69, 9.17) is 11.3 Å². The first kappa shape index (κ1) is 12.2. The molecular formula is C9H21NO3. The van der Waals surface area contributed by atoms with Crippen LogP contribution in [-0.4, -0.2) is 22.4 Å². The Morgan fingerprint density at radius 2 is 1.69 bits per heavy atom. The van der Waals surface area contributed by atoms with Crippen LogP contribution in [0.3, 0.4) is 0 Å². The number of hydrogen-bond donors (Lipinski definition) is 3. The molecule has 0 radical (unpaired) electrons. The summed E-state index contributed by atoms with van der Waals surface area (Å²) in [4.78, 5) is 8.78. The highest BCUT2D eigenvalue weighted by atomic mass is 16.4. The van der Waals surface area contributed by atoms with E-state index < -0.39 is 18.1 Å². The lowest BCUT2D eigenvalue weighted by molar-refractivity contribution is 0.0245. The Bertz CT molecular complexity index is 163. The maximum Gasteiger partial charge on any atom is 0.402 e. The highest BCUT2D eigenvalue weighted by molar-refractivity contribution is 5.61. The molecule has 80 valence electrons. The van der Waals surface area contributed by atoms with Crippen LogP contribution in [0.4, 0.5) is 4.79 Å². The molecule has 0 rings (SSSR count). The number of aliphatic hydroxyl groups is 1. The highest BCUT2D eigenvalue weighted by Gasteiger charge is 2.24. The second-order valence-corrected chi connectivity index (χ2v) is 4.18. The van der Waals surface area contributed by atoms with Gasteiger partial charge in [0.1, 0.15) is 0 Å². The van der Waals surface area contributed by atoms with E-state index in [0.29, 0.717) is 0 Å². The van der Waals surface area contributed by atoms with Crippen molar-refractivity contribution in [2.75, 3.05) is 0 Å². The van der Waals surface area contributed by atoms with Gasteiger partial charge >= 0.3 is 6.09 Å². The summed E-state index contributed by atoms with van der Waals surface area (Å²) in [5.74, 6) is -0.752. The second kappa shape index (κ2) is 5.80. The van der Waals surface area contributed by atoms with Crippen molar-refractivity contribution in [1.82, 2.24) is 0 Å². The van der Waals surface area contributed by atoms with Gasteiger partial charge in [-0.25, -0.2) is 4.79 Å². The first-order valence-corrected chi connectivity index (χ1v) is 4.05. The van der Waals surface area contributed by atoms with Crippen molar-refractivity contribution in [2.24, 2.45) is 17.0 Å². The molecule has 4 N–H and O–H groups in total. The molecule has 0 saturated carbocycles. The molecule has 0 heterocycles. The van der Waals surface area contributed by atoms with Crippen molar-refractivity contribution in [1.29, 1.82) is 0 Å². The van der Waals surface area contributed by atoms with E-state index in [1.807, 2.05) is 20.8 Å².